The quantitative estimate of drug-likeness (QED) is 0.721. The van der Waals surface area contributed by atoms with E-state index in [9.17, 15) is 26.3 Å². The van der Waals surface area contributed by atoms with E-state index in [0.29, 0.717) is 38.5 Å². The van der Waals surface area contributed by atoms with Crippen LogP contribution in [0.4, 0.5) is 26.3 Å². The first-order valence-electron chi connectivity index (χ1n) is 8.39. The Hall–Kier alpha value is -0.990. The maximum atomic E-state index is 13.1. The minimum absolute atomic E-state index is 0. The molecule has 1 saturated heterocycles. The first-order chi connectivity index (χ1) is 11.6. The first-order valence-corrected chi connectivity index (χ1v) is 8.39. The van der Waals surface area contributed by atoms with Crippen LogP contribution in [-0.2, 0) is 12.4 Å². The van der Waals surface area contributed by atoms with Gasteiger partial charge >= 0.3 is 12.4 Å². The molecule has 0 aromatic heterocycles. The molecule has 1 N–H and O–H groups in total. The Labute approximate surface area is 154 Å². The number of rotatable bonds is 4. The number of alkyl halides is 6. The first kappa shape index (κ1) is 21.3. The van der Waals surface area contributed by atoms with Gasteiger partial charge in [0.2, 0.25) is 0 Å². The fourth-order valence-corrected chi connectivity index (χ4v) is 3.33. The highest BCUT2D eigenvalue weighted by Crippen LogP contribution is 2.43. The molecule has 2 fully saturated rings. The van der Waals surface area contributed by atoms with Crippen LogP contribution in [0.15, 0.2) is 18.2 Å². The van der Waals surface area contributed by atoms with Gasteiger partial charge in [-0.1, -0.05) is 12.8 Å². The summed E-state index contributed by atoms with van der Waals surface area (Å²) in [7, 11) is 0. The average Bonchev–Trinajstić information content (AvgIpc) is 3.35. The van der Waals surface area contributed by atoms with Crippen molar-refractivity contribution in [3.05, 3.63) is 34.9 Å². The third-order valence-corrected chi connectivity index (χ3v) is 4.84. The third kappa shape index (κ3) is 5.27. The predicted octanol–water partition coefficient (Wildman–Crippen LogP) is 4.89. The molecule has 1 aromatic carbocycles. The molecule has 1 heterocycles. The molecule has 2 nitrogen and oxygen atoms in total. The summed E-state index contributed by atoms with van der Waals surface area (Å²) in [6.45, 7) is 2.61. The summed E-state index contributed by atoms with van der Waals surface area (Å²) >= 11 is 0. The summed E-state index contributed by atoms with van der Waals surface area (Å²) < 4.78 is 78.8. The van der Waals surface area contributed by atoms with Crippen LogP contribution in [0.25, 0.3) is 0 Å². The number of benzene rings is 1. The highest BCUT2D eigenvalue weighted by molar-refractivity contribution is 5.85. The molecule has 1 aromatic rings. The van der Waals surface area contributed by atoms with E-state index >= 15 is 0 Å². The zero-order valence-electron chi connectivity index (χ0n) is 14.0. The zero-order valence-corrected chi connectivity index (χ0v) is 14.8. The lowest BCUT2D eigenvalue weighted by molar-refractivity contribution is -0.143. The Morgan fingerprint density at radius 1 is 0.923 bits per heavy atom. The zero-order chi connectivity index (χ0) is 18.2. The van der Waals surface area contributed by atoms with Crippen molar-refractivity contribution in [1.82, 2.24) is 10.2 Å². The molecule has 148 valence electrons. The fourth-order valence-electron chi connectivity index (χ4n) is 3.33. The lowest BCUT2D eigenvalue weighted by Crippen LogP contribution is -2.45. The Kier molecular flexibility index (Phi) is 6.51. The van der Waals surface area contributed by atoms with Gasteiger partial charge in [0.15, 0.2) is 0 Å². The molecule has 0 radical (unpaired) electrons. The Morgan fingerprint density at radius 3 is 1.85 bits per heavy atom. The molecule has 1 aliphatic heterocycles. The highest BCUT2D eigenvalue weighted by atomic mass is 35.5. The molecular weight excluding hydrogens is 382 g/mol. The summed E-state index contributed by atoms with van der Waals surface area (Å²) in [6.07, 6.45) is -7.01. The molecule has 0 amide bonds. The van der Waals surface area contributed by atoms with Crippen LogP contribution in [-0.4, -0.2) is 31.1 Å². The smallest absolute Gasteiger partial charge is 0.314 e. The van der Waals surface area contributed by atoms with Gasteiger partial charge in [0.05, 0.1) is 11.1 Å². The number of hydrogen-bond acceptors (Lipinski definition) is 2. The van der Waals surface area contributed by atoms with Crippen molar-refractivity contribution in [3.8, 4) is 0 Å². The van der Waals surface area contributed by atoms with Gasteiger partial charge < -0.3 is 5.32 Å². The monoisotopic (exact) mass is 402 g/mol. The van der Waals surface area contributed by atoms with Gasteiger partial charge in [0, 0.05) is 32.2 Å². The number of piperazine rings is 1. The van der Waals surface area contributed by atoms with Crippen LogP contribution in [0.5, 0.6) is 0 Å². The Bertz CT molecular complexity index is 574. The van der Waals surface area contributed by atoms with Crippen LogP contribution in [0.1, 0.15) is 42.0 Å². The summed E-state index contributed by atoms with van der Waals surface area (Å²) in [6, 6.07) is 1.59. The molecule has 2 aliphatic rings. The van der Waals surface area contributed by atoms with Crippen LogP contribution < -0.4 is 5.32 Å². The van der Waals surface area contributed by atoms with Crippen molar-refractivity contribution in [3.63, 3.8) is 0 Å². The molecule has 0 bridgehead atoms. The van der Waals surface area contributed by atoms with Gasteiger partial charge in [0.1, 0.15) is 0 Å². The van der Waals surface area contributed by atoms with Gasteiger partial charge in [-0.05, 0) is 36.1 Å². The van der Waals surface area contributed by atoms with E-state index in [1.165, 1.54) is 0 Å². The van der Waals surface area contributed by atoms with Gasteiger partial charge in [-0.3, -0.25) is 4.90 Å². The van der Waals surface area contributed by atoms with E-state index in [1.54, 1.807) is 0 Å². The summed E-state index contributed by atoms with van der Waals surface area (Å²) in [5, 5.41) is 3.16. The van der Waals surface area contributed by atoms with E-state index < -0.39 is 29.5 Å². The Morgan fingerprint density at radius 2 is 1.42 bits per heavy atom. The maximum Gasteiger partial charge on any atom is 0.416 e. The maximum absolute atomic E-state index is 13.1. The van der Waals surface area contributed by atoms with E-state index in [0.717, 1.165) is 25.0 Å². The summed E-state index contributed by atoms with van der Waals surface area (Å²) in [5.41, 5.74) is -2.34. The number of halogens is 7. The summed E-state index contributed by atoms with van der Waals surface area (Å²) in [4.78, 5) is 2.00. The normalized spacial score (nSPS) is 20.5. The van der Waals surface area contributed by atoms with Gasteiger partial charge in [0.25, 0.3) is 0 Å². The van der Waals surface area contributed by atoms with Crippen LogP contribution in [0.2, 0.25) is 0 Å². The SMILES string of the molecule is Cl.FC(F)(F)c1cc([C@@H](CC2CC2)N2CCNCC2)cc(C(F)(F)F)c1. The average molecular weight is 403 g/mol. The van der Waals surface area contributed by atoms with Gasteiger partial charge in [-0.2, -0.15) is 26.3 Å². The molecule has 1 saturated carbocycles. The van der Waals surface area contributed by atoms with Crippen molar-refractivity contribution >= 4 is 12.4 Å². The lowest BCUT2D eigenvalue weighted by Gasteiger charge is -2.36. The van der Waals surface area contributed by atoms with Crippen LogP contribution in [0.3, 0.4) is 0 Å². The highest BCUT2D eigenvalue weighted by Gasteiger charge is 2.39. The second kappa shape index (κ2) is 7.94. The molecule has 1 aliphatic carbocycles. The number of hydrogen-bond donors (Lipinski definition) is 1. The van der Waals surface area contributed by atoms with Crippen molar-refractivity contribution < 1.29 is 26.3 Å². The van der Waals surface area contributed by atoms with E-state index in [4.69, 9.17) is 0 Å². The van der Waals surface area contributed by atoms with Crippen LogP contribution >= 0.6 is 12.4 Å². The fraction of sp³-hybridized carbons (Fsp3) is 0.647. The molecule has 26 heavy (non-hydrogen) atoms. The van der Waals surface area contributed by atoms with E-state index in [-0.39, 0.29) is 24.0 Å². The third-order valence-electron chi connectivity index (χ3n) is 4.84. The van der Waals surface area contributed by atoms with E-state index in [2.05, 4.69) is 5.32 Å². The summed E-state index contributed by atoms with van der Waals surface area (Å²) in [5.74, 6) is 0.392. The molecule has 1 atom stereocenters. The van der Waals surface area contributed by atoms with Gasteiger partial charge in [-0.25, -0.2) is 0 Å². The Balaban J connectivity index is 0.00000243. The second-order valence-electron chi connectivity index (χ2n) is 6.82. The largest absolute Gasteiger partial charge is 0.416 e. The number of nitrogens with one attached hydrogen (secondary N) is 1. The standard InChI is InChI=1S/C17H20F6N2.ClH/c18-16(19,20)13-8-12(9-14(10-13)17(21,22)23)15(7-11-1-2-11)25-5-3-24-4-6-25;/h8-11,15,24H,1-7H2;1H/t15-;/m1./s1. The van der Waals surface area contributed by atoms with Gasteiger partial charge in [-0.15, -0.1) is 12.4 Å². The lowest BCUT2D eigenvalue weighted by atomic mass is 9.94. The van der Waals surface area contributed by atoms with Crippen LogP contribution in [0, 0.1) is 5.92 Å². The number of nitrogens with zero attached hydrogens (tertiary/aromatic N) is 1. The molecule has 0 unspecified atom stereocenters. The van der Waals surface area contributed by atoms with Crippen molar-refractivity contribution in [2.75, 3.05) is 26.2 Å². The van der Waals surface area contributed by atoms with Crippen molar-refractivity contribution in [2.45, 2.75) is 37.7 Å². The predicted molar refractivity (Wildman–Crippen MR) is 88.2 cm³/mol. The van der Waals surface area contributed by atoms with Crippen molar-refractivity contribution in [1.29, 1.82) is 0 Å². The minimum atomic E-state index is -4.80. The minimum Gasteiger partial charge on any atom is -0.314 e. The molecule has 0 spiro atoms. The second-order valence-corrected chi connectivity index (χ2v) is 6.82. The molecular formula is C17H21ClF6N2. The topological polar surface area (TPSA) is 15.3 Å². The van der Waals surface area contributed by atoms with E-state index in [1.807, 2.05) is 4.90 Å². The van der Waals surface area contributed by atoms with Crippen molar-refractivity contribution in [2.24, 2.45) is 5.92 Å². The molecule has 3 rings (SSSR count). The molecule has 9 heteroatoms.